The van der Waals surface area contributed by atoms with E-state index in [1.807, 2.05) is 24.3 Å². The third-order valence-electron chi connectivity index (χ3n) is 2.26. The van der Waals surface area contributed by atoms with Crippen LogP contribution in [0.2, 0.25) is 0 Å². The van der Waals surface area contributed by atoms with E-state index in [2.05, 4.69) is 4.98 Å². The van der Waals surface area contributed by atoms with Crippen molar-refractivity contribution >= 4 is 17.1 Å². The van der Waals surface area contributed by atoms with E-state index in [9.17, 15) is 0 Å². The Kier molecular flexibility index (Phi) is 1.56. The Hall–Kier alpha value is -2.23. The second-order valence-corrected chi connectivity index (χ2v) is 3.25. The predicted octanol–water partition coefficient (Wildman–Crippen LogP) is 2.67. The zero-order valence-electron chi connectivity index (χ0n) is 7.81. The molecule has 0 aliphatic rings. The van der Waals surface area contributed by atoms with Gasteiger partial charge in [0.2, 0.25) is 0 Å². The van der Waals surface area contributed by atoms with Crippen LogP contribution in [0.15, 0.2) is 45.6 Å². The second kappa shape index (κ2) is 2.88. The molecule has 3 aromatic rings. The number of furan rings is 1. The molecule has 0 aliphatic heterocycles. The summed E-state index contributed by atoms with van der Waals surface area (Å²) in [7, 11) is 0. The van der Waals surface area contributed by atoms with Crippen molar-refractivity contribution in [2.24, 2.45) is 0 Å². The molecule has 4 heteroatoms. The van der Waals surface area contributed by atoms with Crippen molar-refractivity contribution in [1.82, 2.24) is 4.98 Å². The maximum atomic E-state index is 5.46. The molecule has 0 fully saturated rings. The molecule has 74 valence electrons. The summed E-state index contributed by atoms with van der Waals surface area (Å²) in [6.45, 7) is 0. The van der Waals surface area contributed by atoms with Gasteiger partial charge in [-0.15, -0.1) is 0 Å². The number of nitrogens with two attached hydrogens (primary N) is 1. The molecule has 15 heavy (non-hydrogen) atoms. The predicted molar refractivity (Wildman–Crippen MR) is 56.1 cm³/mol. The van der Waals surface area contributed by atoms with E-state index in [0.29, 0.717) is 5.58 Å². The summed E-state index contributed by atoms with van der Waals surface area (Å²) in [5.74, 6) is 0. The molecule has 0 aliphatic carbocycles. The van der Waals surface area contributed by atoms with Gasteiger partial charge in [0.15, 0.2) is 5.58 Å². The van der Waals surface area contributed by atoms with Crippen molar-refractivity contribution < 1.29 is 8.83 Å². The van der Waals surface area contributed by atoms with Crippen LogP contribution < -0.4 is 5.73 Å². The van der Waals surface area contributed by atoms with Crippen molar-refractivity contribution in [3.05, 3.63) is 36.8 Å². The Morgan fingerprint density at radius 2 is 2.07 bits per heavy atom. The number of hydrogen-bond donors (Lipinski definition) is 1. The maximum absolute atomic E-state index is 5.46. The van der Waals surface area contributed by atoms with Gasteiger partial charge < -0.3 is 14.6 Å². The first-order valence-electron chi connectivity index (χ1n) is 4.51. The lowest BCUT2D eigenvalue weighted by atomic mass is 10.1. The number of aromatic nitrogens is 1. The minimum Gasteiger partial charge on any atom is -0.472 e. The van der Waals surface area contributed by atoms with Gasteiger partial charge in [-0.05, 0) is 23.8 Å². The van der Waals surface area contributed by atoms with Gasteiger partial charge in [0.05, 0.1) is 12.5 Å². The van der Waals surface area contributed by atoms with E-state index in [1.165, 1.54) is 0 Å². The van der Waals surface area contributed by atoms with Crippen molar-refractivity contribution in [2.45, 2.75) is 0 Å². The molecular weight excluding hydrogens is 192 g/mol. The molecule has 4 nitrogen and oxygen atoms in total. The Labute approximate surface area is 85.3 Å². The van der Waals surface area contributed by atoms with E-state index in [-0.39, 0.29) is 6.01 Å². The Bertz CT molecular complexity index is 596. The van der Waals surface area contributed by atoms with Gasteiger partial charge in [0.25, 0.3) is 6.01 Å². The van der Waals surface area contributed by atoms with Crippen LogP contribution in [-0.4, -0.2) is 4.98 Å². The summed E-state index contributed by atoms with van der Waals surface area (Å²) in [6.07, 6.45) is 3.32. The summed E-state index contributed by atoms with van der Waals surface area (Å²) in [5, 5.41) is 0. The summed E-state index contributed by atoms with van der Waals surface area (Å²) in [5.41, 5.74) is 8.96. The molecule has 0 saturated carbocycles. The van der Waals surface area contributed by atoms with Crippen molar-refractivity contribution in [3.8, 4) is 11.1 Å². The van der Waals surface area contributed by atoms with Crippen LogP contribution in [0.1, 0.15) is 0 Å². The number of nitrogen functional groups attached to an aromatic ring is 1. The van der Waals surface area contributed by atoms with Crippen LogP contribution >= 0.6 is 0 Å². The monoisotopic (exact) mass is 200 g/mol. The van der Waals surface area contributed by atoms with Gasteiger partial charge >= 0.3 is 0 Å². The molecule has 0 saturated heterocycles. The molecule has 0 atom stereocenters. The van der Waals surface area contributed by atoms with Crippen molar-refractivity contribution in [2.75, 3.05) is 5.73 Å². The highest BCUT2D eigenvalue weighted by atomic mass is 16.4. The number of oxazole rings is 1. The third-order valence-corrected chi connectivity index (χ3v) is 2.26. The molecule has 2 aromatic heterocycles. The second-order valence-electron chi connectivity index (χ2n) is 3.25. The first kappa shape index (κ1) is 8.11. The summed E-state index contributed by atoms with van der Waals surface area (Å²) >= 11 is 0. The van der Waals surface area contributed by atoms with Crippen molar-refractivity contribution in [1.29, 1.82) is 0 Å². The summed E-state index contributed by atoms with van der Waals surface area (Å²) in [6, 6.07) is 7.79. The minimum atomic E-state index is 0.189. The number of rotatable bonds is 1. The van der Waals surface area contributed by atoms with Gasteiger partial charge in [-0.2, -0.15) is 4.98 Å². The van der Waals surface area contributed by atoms with E-state index < -0.39 is 0 Å². The standard InChI is InChI=1S/C11H8N2O2/c12-11-13-9-5-7(1-2-10(9)15-11)8-3-4-14-6-8/h1-6H,(H2,12,13). The Morgan fingerprint density at radius 1 is 1.13 bits per heavy atom. The SMILES string of the molecule is Nc1nc2cc(-c3ccoc3)ccc2o1. The minimum absolute atomic E-state index is 0.189. The first-order valence-corrected chi connectivity index (χ1v) is 4.51. The zero-order chi connectivity index (χ0) is 10.3. The lowest BCUT2D eigenvalue weighted by Gasteiger charge is -1.94. The fraction of sp³-hybridized carbons (Fsp3) is 0. The third kappa shape index (κ3) is 1.27. The average Bonchev–Trinajstić information content (AvgIpc) is 2.82. The fourth-order valence-electron chi connectivity index (χ4n) is 1.55. The van der Waals surface area contributed by atoms with Crippen LogP contribution in [0.25, 0.3) is 22.2 Å². The first-order chi connectivity index (χ1) is 7.33. The summed E-state index contributed by atoms with van der Waals surface area (Å²) in [4.78, 5) is 4.06. The fourth-order valence-corrected chi connectivity index (χ4v) is 1.55. The lowest BCUT2D eigenvalue weighted by molar-refractivity contribution is 0.568. The van der Waals surface area contributed by atoms with Gasteiger partial charge in [-0.3, -0.25) is 0 Å². The topological polar surface area (TPSA) is 65.2 Å². The average molecular weight is 200 g/mol. The largest absolute Gasteiger partial charge is 0.472 e. The van der Waals surface area contributed by atoms with Crippen LogP contribution in [-0.2, 0) is 0 Å². The van der Waals surface area contributed by atoms with Crippen molar-refractivity contribution in [3.63, 3.8) is 0 Å². The molecule has 0 bridgehead atoms. The van der Waals surface area contributed by atoms with Gasteiger partial charge in [0.1, 0.15) is 5.52 Å². The molecule has 0 spiro atoms. The highest BCUT2D eigenvalue weighted by molar-refractivity contribution is 5.81. The van der Waals surface area contributed by atoms with E-state index >= 15 is 0 Å². The molecular formula is C11H8N2O2. The molecule has 0 unspecified atom stereocenters. The highest BCUT2D eigenvalue weighted by Gasteiger charge is 2.05. The number of hydrogen-bond acceptors (Lipinski definition) is 4. The van der Waals surface area contributed by atoms with Gasteiger partial charge in [-0.1, -0.05) is 6.07 Å². The molecule has 1 aromatic carbocycles. The van der Waals surface area contributed by atoms with E-state index in [4.69, 9.17) is 14.6 Å². The quantitative estimate of drug-likeness (QED) is 0.655. The number of fused-ring (bicyclic) bond motifs is 1. The molecule has 2 heterocycles. The normalized spacial score (nSPS) is 10.9. The Morgan fingerprint density at radius 3 is 2.87 bits per heavy atom. The molecule has 0 amide bonds. The molecule has 2 N–H and O–H groups in total. The van der Waals surface area contributed by atoms with Crippen LogP contribution in [0.5, 0.6) is 0 Å². The zero-order valence-corrected chi connectivity index (χ0v) is 7.81. The Balaban J connectivity index is 2.21. The molecule has 0 radical (unpaired) electrons. The van der Waals surface area contributed by atoms with E-state index in [0.717, 1.165) is 16.6 Å². The number of benzene rings is 1. The van der Waals surface area contributed by atoms with Gasteiger partial charge in [-0.25, -0.2) is 0 Å². The lowest BCUT2D eigenvalue weighted by Crippen LogP contribution is -1.80. The van der Waals surface area contributed by atoms with Gasteiger partial charge in [0, 0.05) is 5.56 Å². The highest BCUT2D eigenvalue weighted by Crippen LogP contribution is 2.25. The van der Waals surface area contributed by atoms with Crippen LogP contribution in [0.4, 0.5) is 6.01 Å². The molecule has 3 rings (SSSR count). The summed E-state index contributed by atoms with van der Waals surface area (Å²) < 4.78 is 10.2. The van der Waals surface area contributed by atoms with Crippen LogP contribution in [0.3, 0.4) is 0 Å². The maximum Gasteiger partial charge on any atom is 0.292 e. The number of nitrogens with zero attached hydrogens (tertiary/aromatic N) is 1. The van der Waals surface area contributed by atoms with E-state index in [1.54, 1.807) is 12.5 Å². The smallest absolute Gasteiger partial charge is 0.292 e. The number of anilines is 1. The van der Waals surface area contributed by atoms with Crippen LogP contribution in [0, 0.1) is 0 Å².